The lowest BCUT2D eigenvalue weighted by atomic mass is 9.88. The topological polar surface area (TPSA) is 87.7 Å². The molecular weight excluding hydrogens is 390 g/mol. The number of hydrogen-bond acceptors (Lipinski definition) is 6. The van der Waals surface area contributed by atoms with E-state index < -0.39 is 0 Å². The fraction of sp³-hybridized carbons (Fsp3) is 0.667. The molecule has 2 rings (SSSR count). The van der Waals surface area contributed by atoms with Gasteiger partial charge in [0.2, 0.25) is 11.8 Å². The molecule has 0 radical (unpaired) electrons. The molecule has 1 heterocycles. The molecule has 1 aromatic heterocycles. The van der Waals surface area contributed by atoms with Crippen LogP contribution in [0.5, 0.6) is 0 Å². The van der Waals surface area contributed by atoms with Crippen LogP contribution < -0.4 is 10.6 Å². The molecule has 1 aromatic rings. The van der Waals surface area contributed by atoms with E-state index in [2.05, 4.69) is 17.6 Å². The molecule has 0 aromatic carbocycles. The first-order chi connectivity index (χ1) is 13.5. The van der Waals surface area contributed by atoms with Crippen LogP contribution in [0.4, 0.5) is 5.00 Å². The van der Waals surface area contributed by atoms with Crippen LogP contribution in [0, 0.1) is 5.92 Å². The van der Waals surface area contributed by atoms with E-state index in [1.165, 1.54) is 11.3 Å². The number of carbonyl (C=O) groups is 3. The van der Waals surface area contributed by atoms with Crippen LogP contribution in [0.25, 0.3) is 0 Å². The van der Waals surface area contributed by atoms with E-state index in [0.29, 0.717) is 23.1 Å². The molecule has 0 spiro atoms. The SMILES string of the molecule is CCOC(=O)c1c(NC(=O)CN(C)CC(=O)NC(C)(C)C)sc2c1CC[C@H](C)C2. The predicted octanol–water partition coefficient (Wildman–Crippen LogP) is 2.83. The van der Waals surface area contributed by atoms with Crippen LogP contribution >= 0.6 is 11.3 Å². The van der Waals surface area contributed by atoms with E-state index in [9.17, 15) is 14.4 Å². The van der Waals surface area contributed by atoms with Gasteiger partial charge in [-0.2, -0.15) is 0 Å². The summed E-state index contributed by atoms with van der Waals surface area (Å²) in [6, 6.07) is 0. The summed E-state index contributed by atoms with van der Waals surface area (Å²) in [4.78, 5) is 39.9. The van der Waals surface area contributed by atoms with Crippen molar-refractivity contribution in [3.05, 3.63) is 16.0 Å². The number of esters is 1. The molecule has 0 saturated carbocycles. The summed E-state index contributed by atoms with van der Waals surface area (Å²) in [6.45, 7) is 10.2. The highest BCUT2D eigenvalue weighted by Gasteiger charge is 2.29. The smallest absolute Gasteiger partial charge is 0.341 e. The van der Waals surface area contributed by atoms with Gasteiger partial charge in [-0.05, 0) is 65.5 Å². The lowest BCUT2D eigenvalue weighted by Gasteiger charge is -2.23. The first-order valence-electron chi connectivity index (χ1n) is 10.1. The summed E-state index contributed by atoms with van der Waals surface area (Å²) in [6.07, 6.45) is 2.76. The predicted molar refractivity (Wildman–Crippen MR) is 115 cm³/mol. The van der Waals surface area contributed by atoms with Crippen LogP contribution in [0.1, 0.15) is 61.8 Å². The Morgan fingerprint density at radius 3 is 2.48 bits per heavy atom. The van der Waals surface area contributed by atoms with Crippen molar-refractivity contribution in [2.45, 2.75) is 59.4 Å². The number of fused-ring (bicyclic) bond motifs is 1. The third kappa shape index (κ3) is 6.82. The summed E-state index contributed by atoms with van der Waals surface area (Å²) in [5.41, 5.74) is 1.20. The fourth-order valence-electron chi connectivity index (χ4n) is 3.43. The van der Waals surface area contributed by atoms with Crippen LogP contribution in [0.2, 0.25) is 0 Å². The van der Waals surface area contributed by atoms with Crippen molar-refractivity contribution in [1.82, 2.24) is 10.2 Å². The number of ether oxygens (including phenoxy) is 1. The number of rotatable bonds is 7. The van der Waals surface area contributed by atoms with Crippen molar-refractivity contribution in [2.24, 2.45) is 5.92 Å². The highest BCUT2D eigenvalue weighted by molar-refractivity contribution is 7.17. The molecule has 1 aliphatic rings. The van der Waals surface area contributed by atoms with Crippen molar-refractivity contribution in [1.29, 1.82) is 0 Å². The molecule has 0 aliphatic heterocycles. The van der Waals surface area contributed by atoms with Crippen molar-refractivity contribution in [2.75, 3.05) is 32.1 Å². The van der Waals surface area contributed by atoms with Gasteiger partial charge in [-0.15, -0.1) is 11.3 Å². The Morgan fingerprint density at radius 1 is 1.21 bits per heavy atom. The number of likely N-dealkylation sites (N-methyl/N-ethyl adjacent to an activating group) is 1. The molecular formula is C21H33N3O4S. The fourth-order valence-corrected chi connectivity index (χ4v) is 4.84. The van der Waals surface area contributed by atoms with Crippen LogP contribution in [-0.2, 0) is 27.2 Å². The first-order valence-corrected chi connectivity index (χ1v) is 10.9. The second-order valence-electron chi connectivity index (χ2n) is 8.79. The maximum Gasteiger partial charge on any atom is 0.341 e. The van der Waals surface area contributed by atoms with E-state index in [1.807, 2.05) is 20.8 Å². The number of nitrogens with one attached hydrogen (secondary N) is 2. The Kier molecular flexibility index (Phi) is 7.82. The van der Waals surface area contributed by atoms with E-state index in [1.54, 1.807) is 18.9 Å². The zero-order chi connectivity index (χ0) is 21.8. The number of hydrogen-bond donors (Lipinski definition) is 2. The highest BCUT2D eigenvalue weighted by atomic mass is 32.1. The van der Waals surface area contributed by atoms with E-state index in [0.717, 1.165) is 29.7 Å². The lowest BCUT2D eigenvalue weighted by molar-refractivity contribution is -0.124. The van der Waals surface area contributed by atoms with E-state index in [-0.39, 0.29) is 36.4 Å². The average Bonchev–Trinajstić information content (AvgIpc) is 2.89. The van der Waals surface area contributed by atoms with Crippen LogP contribution in [-0.4, -0.2) is 55.0 Å². The maximum absolute atomic E-state index is 12.6. The second-order valence-corrected chi connectivity index (χ2v) is 9.90. The maximum atomic E-state index is 12.6. The zero-order valence-electron chi connectivity index (χ0n) is 18.3. The third-order valence-corrected chi connectivity index (χ3v) is 5.76. The monoisotopic (exact) mass is 423 g/mol. The largest absolute Gasteiger partial charge is 0.462 e. The van der Waals surface area contributed by atoms with Crippen LogP contribution in [0.15, 0.2) is 0 Å². The van der Waals surface area contributed by atoms with Gasteiger partial charge in [0.25, 0.3) is 0 Å². The molecule has 2 amide bonds. The third-order valence-electron chi connectivity index (χ3n) is 4.59. The molecule has 7 nitrogen and oxygen atoms in total. The highest BCUT2D eigenvalue weighted by Crippen LogP contribution is 2.40. The number of nitrogens with zero attached hydrogens (tertiary/aromatic N) is 1. The lowest BCUT2D eigenvalue weighted by Crippen LogP contribution is -2.46. The summed E-state index contributed by atoms with van der Waals surface area (Å²) in [5, 5.41) is 6.31. The first kappa shape index (κ1) is 23.3. The second kappa shape index (κ2) is 9.71. The Labute approximate surface area is 177 Å². The molecule has 0 fully saturated rings. The molecule has 29 heavy (non-hydrogen) atoms. The minimum atomic E-state index is -0.382. The minimum absolute atomic E-state index is 0.0544. The quantitative estimate of drug-likeness (QED) is 0.659. The van der Waals surface area contributed by atoms with Crippen molar-refractivity contribution < 1.29 is 19.1 Å². The Hall–Kier alpha value is -1.93. The van der Waals surface area contributed by atoms with Gasteiger partial charge < -0.3 is 15.4 Å². The Morgan fingerprint density at radius 2 is 1.86 bits per heavy atom. The number of anilines is 1. The Bertz CT molecular complexity index is 767. The van der Waals surface area contributed by atoms with Gasteiger partial charge >= 0.3 is 5.97 Å². The molecule has 1 aliphatic carbocycles. The van der Waals surface area contributed by atoms with Crippen molar-refractivity contribution in [3.8, 4) is 0 Å². The number of amides is 2. The van der Waals surface area contributed by atoms with E-state index >= 15 is 0 Å². The molecule has 162 valence electrons. The van der Waals surface area contributed by atoms with Crippen molar-refractivity contribution >= 4 is 34.1 Å². The molecule has 0 unspecified atom stereocenters. The molecule has 0 saturated heterocycles. The summed E-state index contributed by atoms with van der Waals surface area (Å²) in [5.74, 6) is -0.214. The van der Waals surface area contributed by atoms with Gasteiger partial charge in [0, 0.05) is 10.4 Å². The standard InChI is InChI=1S/C21H33N3O4S/c1-7-28-20(27)18-14-9-8-13(2)10-15(14)29-19(18)22-16(25)11-24(6)12-17(26)23-21(3,4)5/h13H,7-12H2,1-6H3,(H,22,25)(H,23,26)/t13-/m0/s1. The van der Waals surface area contributed by atoms with Gasteiger partial charge in [0.15, 0.2) is 0 Å². The summed E-state index contributed by atoms with van der Waals surface area (Å²) >= 11 is 1.47. The molecule has 8 heteroatoms. The summed E-state index contributed by atoms with van der Waals surface area (Å²) < 4.78 is 5.23. The van der Waals surface area contributed by atoms with Gasteiger partial charge in [-0.1, -0.05) is 6.92 Å². The average molecular weight is 424 g/mol. The van der Waals surface area contributed by atoms with Crippen LogP contribution in [0.3, 0.4) is 0 Å². The molecule has 0 bridgehead atoms. The Balaban J connectivity index is 2.07. The minimum Gasteiger partial charge on any atom is -0.462 e. The van der Waals surface area contributed by atoms with Gasteiger partial charge in [0.05, 0.1) is 25.3 Å². The van der Waals surface area contributed by atoms with E-state index in [4.69, 9.17) is 4.74 Å². The van der Waals surface area contributed by atoms with Gasteiger partial charge in [0.1, 0.15) is 5.00 Å². The molecule has 1 atom stereocenters. The van der Waals surface area contributed by atoms with Crippen molar-refractivity contribution in [3.63, 3.8) is 0 Å². The van der Waals surface area contributed by atoms with Gasteiger partial charge in [-0.3, -0.25) is 14.5 Å². The summed E-state index contributed by atoms with van der Waals surface area (Å²) in [7, 11) is 1.72. The number of thiophene rings is 1. The normalized spacial score (nSPS) is 16.3. The van der Waals surface area contributed by atoms with Gasteiger partial charge in [-0.25, -0.2) is 4.79 Å². The molecule has 2 N–H and O–H groups in total. The number of carbonyl (C=O) groups excluding carboxylic acids is 3. The zero-order valence-corrected chi connectivity index (χ0v) is 19.1.